The average Bonchev–Trinajstić information content (AvgIpc) is 3.17. The third kappa shape index (κ3) is 3.36. The highest BCUT2D eigenvalue weighted by Gasteiger charge is 2.27. The first-order chi connectivity index (χ1) is 12.4. The van der Waals surface area contributed by atoms with E-state index in [0.29, 0.717) is 5.69 Å². The lowest BCUT2D eigenvalue weighted by Gasteiger charge is -2.21. The third-order valence-electron chi connectivity index (χ3n) is 4.26. The van der Waals surface area contributed by atoms with Crippen LogP contribution in [0.4, 0.5) is 33.3 Å². The molecule has 0 saturated carbocycles. The minimum atomic E-state index is -2.25. The Hall–Kier alpha value is -2.64. The number of benzene rings is 2. The zero-order valence-electron chi connectivity index (χ0n) is 13.6. The summed E-state index contributed by atoms with van der Waals surface area (Å²) in [6.45, 7) is 1.62. The van der Waals surface area contributed by atoms with Gasteiger partial charge < -0.3 is 10.2 Å². The van der Waals surface area contributed by atoms with Crippen molar-refractivity contribution in [1.29, 1.82) is 0 Å². The van der Waals surface area contributed by atoms with E-state index >= 15 is 0 Å². The van der Waals surface area contributed by atoms with Gasteiger partial charge in [-0.2, -0.15) is 0 Å². The van der Waals surface area contributed by atoms with Crippen molar-refractivity contribution in [3.63, 3.8) is 0 Å². The first kappa shape index (κ1) is 18.2. The molecule has 1 saturated heterocycles. The van der Waals surface area contributed by atoms with Crippen molar-refractivity contribution in [2.24, 2.45) is 0 Å². The van der Waals surface area contributed by atoms with Crippen molar-refractivity contribution in [1.82, 2.24) is 0 Å². The number of nitrogens with zero attached hydrogens (tertiary/aromatic N) is 1. The molecule has 26 heavy (non-hydrogen) atoms. The van der Waals surface area contributed by atoms with E-state index in [4.69, 9.17) is 0 Å². The molecule has 8 heteroatoms. The highest BCUT2D eigenvalue weighted by atomic mass is 19.2. The quantitative estimate of drug-likeness (QED) is 0.498. The molecule has 3 nitrogen and oxygen atoms in total. The number of hydrogen-bond donors (Lipinski definition) is 1. The molecule has 1 aliphatic heterocycles. The Labute approximate surface area is 146 Å². The second-order valence-corrected chi connectivity index (χ2v) is 5.98. The molecule has 0 aromatic heterocycles. The number of hydrogen-bond acceptors (Lipinski definition) is 2. The maximum absolute atomic E-state index is 13.7. The summed E-state index contributed by atoms with van der Waals surface area (Å²) in [7, 11) is 0. The van der Waals surface area contributed by atoms with Gasteiger partial charge in [-0.05, 0) is 25.0 Å². The predicted octanol–water partition coefficient (Wildman–Crippen LogP) is 4.16. The number of nitrogens with one attached hydrogen (secondary N) is 1. The van der Waals surface area contributed by atoms with Crippen LogP contribution in [0.5, 0.6) is 0 Å². The lowest BCUT2D eigenvalue weighted by atomic mass is 10.1. The Bertz CT molecular complexity index is 821. The molecule has 0 unspecified atom stereocenters. The zero-order valence-corrected chi connectivity index (χ0v) is 13.6. The fourth-order valence-electron chi connectivity index (χ4n) is 2.97. The second kappa shape index (κ2) is 7.31. The van der Waals surface area contributed by atoms with Gasteiger partial charge in [-0.1, -0.05) is 12.1 Å². The molecule has 0 atom stereocenters. The summed E-state index contributed by atoms with van der Waals surface area (Å²) in [5.41, 5.74) is 0.0107. The van der Waals surface area contributed by atoms with E-state index in [1.807, 2.05) is 4.90 Å². The molecule has 0 bridgehead atoms. The Morgan fingerprint density at radius 1 is 0.885 bits per heavy atom. The Balaban J connectivity index is 1.83. The van der Waals surface area contributed by atoms with Gasteiger partial charge in [-0.25, -0.2) is 22.0 Å². The van der Waals surface area contributed by atoms with E-state index in [0.717, 1.165) is 31.6 Å². The van der Waals surface area contributed by atoms with Crippen molar-refractivity contribution in [2.75, 3.05) is 23.3 Å². The Morgan fingerprint density at radius 3 is 2.04 bits per heavy atom. The maximum Gasteiger partial charge on any atom is 0.229 e. The number of rotatable bonds is 4. The van der Waals surface area contributed by atoms with Crippen LogP contribution < -0.4 is 10.2 Å². The summed E-state index contributed by atoms with van der Waals surface area (Å²) >= 11 is 0. The summed E-state index contributed by atoms with van der Waals surface area (Å²) in [5.74, 6) is -11.2. The van der Waals surface area contributed by atoms with Crippen LogP contribution >= 0.6 is 0 Å². The molecule has 2 aromatic carbocycles. The smallest absolute Gasteiger partial charge is 0.229 e. The van der Waals surface area contributed by atoms with Gasteiger partial charge in [0.05, 0.1) is 17.8 Å². The predicted molar refractivity (Wildman–Crippen MR) is 86.5 cm³/mol. The van der Waals surface area contributed by atoms with Crippen LogP contribution in [0.3, 0.4) is 0 Å². The molecule has 138 valence electrons. The van der Waals surface area contributed by atoms with Gasteiger partial charge in [0.1, 0.15) is 0 Å². The Kier molecular flexibility index (Phi) is 5.11. The summed E-state index contributed by atoms with van der Waals surface area (Å²) in [4.78, 5) is 14.2. The number of halogens is 5. The molecule has 1 heterocycles. The average molecular weight is 370 g/mol. The largest absolute Gasteiger partial charge is 0.370 e. The van der Waals surface area contributed by atoms with Crippen molar-refractivity contribution in [3.05, 3.63) is 58.9 Å². The highest BCUT2D eigenvalue weighted by Crippen LogP contribution is 2.29. The van der Waals surface area contributed by atoms with Gasteiger partial charge in [0.15, 0.2) is 23.3 Å². The molecule has 1 amide bonds. The van der Waals surface area contributed by atoms with Gasteiger partial charge in [0, 0.05) is 18.7 Å². The standard InChI is InChI=1S/C18H15F5N2O/c19-14-10(15(20)17(22)18(23)16(14)21)9-13(26)24-11-5-1-2-6-12(11)25-7-3-4-8-25/h1-2,5-6H,3-4,7-9H2,(H,24,26). The minimum Gasteiger partial charge on any atom is -0.370 e. The van der Waals surface area contributed by atoms with E-state index in [1.165, 1.54) is 0 Å². The summed E-state index contributed by atoms with van der Waals surface area (Å²) in [6, 6.07) is 6.87. The van der Waals surface area contributed by atoms with Crippen LogP contribution in [-0.2, 0) is 11.2 Å². The van der Waals surface area contributed by atoms with Crippen LogP contribution in [0.15, 0.2) is 24.3 Å². The highest BCUT2D eigenvalue weighted by molar-refractivity contribution is 5.95. The van der Waals surface area contributed by atoms with E-state index < -0.39 is 47.0 Å². The number of carbonyl (C=O) groups is 1. The van der Waals surface area contributed by atoms with E-state index in [2.05, 4.69) is 5.32 Å². The zero-order chi connectivity index (χ0) is 18.8. The van der Waals surface area contributed by atoms with Crippen LogP contribution in [0.25, 0.3) is 0 Å². The van der Waals surface area contributed by atoms with Crippen LogP contribution in [0.1, 0.15) is 18.4 Å². The van der Waals surface area contributed by atoms with E-state index in [-0.39, 0.29) is 0 Å². The van der Waals surface area contributed by atoms with Crippen LogP contribution in [0.2, 0.25) is 0 Å². The fourth-order valence-corrected chi connectivity index (χ4v) is 2.97. The molecule has 0 radical (unpaired) electrons. The number of amides is 1. The number of para-hydroxylation sites is 2. The van der Waals surface area contributed by atoms with Gasteiger partial charge in [-0.15, -0.1) is 0 Å². The molecule has 2 aromatic rings. The fraction of sp³-hybridized carbons (Fsp3) is 0.278. The first-order valence-corrected chi connectivity index (χ1v) is 8.04. The molecule has 0 aliphatic carbocycles. The number of carbonyl (C=O) groups excluding carboxylic acids is 1. The maximum atomic E-state index is 13.7. The monoisotopic (exact) mass is 370 g/mol. The van der Waals surface area contributed by atoms with Crippen molar-refractivity contribution < 1.29 is 26.7 Å². The third-order valence-corrected chi connectivity index (χ3v) is 4.26. The molecular weight excluding hydrogens is 355 g/mol. The summed E-state index contributed by atoms with van der Waals surface area (Å²) in [5, 5.41) is 2.49. The topological polar surface area (TPSA) is 32.3 Å². The van der Waals surface area contributed by atoms with Crippen LogP contribution in [0, 0.1) is 29.1 Å². The molecule has 0 spiro atoms. The van der Waals surface area contributed by atoms with Gasteiger partial charge in [0.2, 0.25) is 11.7 Å². The normalized spacial score (nSPS) is 14.0. The van der Waals surface area contributed by atoms with Crippen molar-refractivity contribution >= 4 is 17.3 Å². The summed E-state index contributed by atoms with van der Waals surface area (Å²) in [6.07, 6.45) is 1.04. The Morgan fingerprint density at radius 2 is 1.42 bits per heavy atom. The lowest BCUT2D eigenvalue weighted by Crippen LogP contribution is -2.22. The van der Waals surface area contributed by atoms with Gasteiger partial charge in [0.25, 0.3) is 0 Å². The lowest BCUT2D eigenvalue weighted by molar-refractivity contribution is -0.115. The molecule has 3 rings (SSSR count). The van der Waals surface area contributed by atoms with Crippen molar-refractivity contribution in [2.45, 2.75) is 19.3 Å². The van der Waals surface area contributed by atoms with Crippen LogP contribution in [-0.4, -0.2) is 19.0 Å². The molecule has 1 N–H and O–H groups in total. The minimum absolute atomic E-state index is 0.420. The molecule has 1 aliphatic rings. The molecule has 1 fully saturated rings. The van der Waals surface area contributed by atoms with Crippen molar-refractivity contribution in [3.8, 4) is 0 Å². The first-order valence-electron chi connectivity index (χ1n) is 8.04. The van der Waals surface area contributed by atoms with E-state index in [1.54, 1.807) is 24.3 Å². The second-order valence-electron chi connectivity index (χ2n) is 5.98. The van der Waals surface area contributed by atoms with Gasteiger partial charge in [-0.3, -0.25) is 4.79 Å². The van der Waals surface area contributed by atoms with Gasteiger partial charge >= 0.3 is 0 Å². The molecular formula is C18H15F5N2O. The summed E-state index contributed by atoms with van der Waals surface area (Å²) < 4.78 is 67.0. The SMILES string of the molecule is O=C(Cc1c(F)c(F)c(F)c(F)c1F)Nc1ccccc1N1CCCC1. The van der Waals surface area contributed by atoms with E-state index in [9.17, 15) is 26.7 Å². The number of anilines is 2.